The largest absolute Gasteiger partial charge is 0.476 e. The monoisotopic (exact) mass is 502 g/mol. The van der Waals surface area contributed by atoms with Crippen molar-refractivity contribution in [2.24, 2.45) is 17.8 Å². The molecule has 36 heavy (non-hydrogen) atoms. The van der Waals surface area contributed by atoms with Crippen LogP contribution in [0.1, 0.15) is 52.9 Å². The van der Waals surface area contributed by atoms with E-state index in [9.17, 15) is 24.2 Å². The van der Waals surface area contributed by atoms with Crippen molar-refractivity contribution < 1.29 is 38.4 Å². The molecule has 3 aliphatic rings. The van der Waals surface area contributed by atoms with Crippen LogP contribution in [0.25, 0.3) is 0 Å². The zero-order valence-corrected chi connectivity index (χ0v) is 20.9. The molecular formula is C28H35FO7. The van der Waals surface area contributed by atoms with Crippen LogP contribution in [-0.4, -0.2) is 52.2 Å². The summed E-state index contributed by atoms with van der Waals surface area (Å²) >= 11 is 0. The Kier molecular flexibility index (Phi) is 7.85. The average molecular weight is 503 g/mol. The highest BCUT2D eigenvalue weighted by Crippen LogP contribution is 2.44. The Balaban J connectivity index is 1.48. The summed E-state index contributed by atoms with van der Waals surface area (Å²) in [6, 6.07) is 5.42. The van der Waals surface area contributed by atoms with Crippen molar-refractivity contribution in [3.05, 3.63) is 53.9 Å². The van der Waals surface area contributed by atoms with Gasteiger partial charge in [0, 0.05) is 18.8 Å². The van der Waals surface area contributed by atoms with Gasteiger partial charge in [0.05, 0.1) is 18.6 Å². The van der Waals surface area contributed by atoms with E-state index in [0.29, 0.717) is 25.0 Å². The molecule has 2 N–H and O–H groups in total. The van der Waals surface area contributed by atoms with E-state index < -0.39 is 35.7 Å². The summed E-state index contributed by atoms with van der Waals surface area (Å²) in [4.78, 5) is 25.0. The number of aliphatic hydroxyl groups excluding tert-OH is 2. The molecule has 5 unspecified atom stereocenters. The molecule has 8 heteroatoms. The minimum absolute atomic E-state index is 0.0280. The average Bonchev–Trinajstić information content (AvgIpc) is 2.79. The number of benzene rings is 1. The molecule has 7 atom stereocenters. The van der Waals surface area contributed by atoms with E-state index in [1.54, 1.807) is 13.8 Å². The van der Waals surface area contributed by atoms with Gasteiger partial charge in [0.15, 0.2) is 5.60 Å². The van der Waals surface area contributed by atoms with Gasteiger partial charge in [-0.1, -0.05) is 25.2 Å². The summed E-state index contributed by atoms with van der Waals surface area (Å²) in [5, 5.41) is 20.4. The van der Waals surface area contributed by atoms with Crippen LogP contribution >= 0.6 is 0 Å². The number of ether oxygens (including phenoxy) is 3. The predicted molar refractivity (Wildman–Crippen MR) is 129 cm³/mol. The van der Waals surface area contributed by atoms with Crippen LogP contribution in [0, 0.1) is 23.6 Å². The molecule has 1 aliphatic heterocycles. The second kappa shape index (κ2) is 10.7. The minimum atomic E-state index is -1.33. The molecule has 196 valence electrons. The molecular weight excluding hydrogens is 467 g/mol. The molecule has 1 aromatic rings. The van der Waals surface area contributed by atoms with E-state index in [1.807, 2.05) is 12.2 Å². The van der Waals surface area contributed by atoms with Crippen molar-refractivity contribution in [2.75, 3.05) is 0 Å². The number of carbonyl (C=O) groups is 2. The lowest BCUT2D eigenvalue weighted by Gasteiger charge is -2.43. The van der Waals surface area contributed by atoms with E-state index in [2.05, 4.69) is 13.0 Å². The van der Waals surface area contributed by atoms with Gasteiger partial charge in [-0.25, -0.2) is 9.18 Å². The van der Waals surface area contributed by atoms with Gasteiger partial charge < -0.3 is 24.4 Å². The maximum atomic E-state index is 13.3. The number of aliphatic hydroxyl groups is 2. The first kappa shape index (κ1) is 26.4. The normalized spacial score (nSPS) is 32.2. The van der Waals surface area contributed by atoms with Gasteiger partial charge in [-0.05, 0) is 68.4 Å². The lowest BCUT2D eigenvalue weighted by atomic mass is 9.66. The van der Waals surface area contributed by atoms with Crippen LogP contribution in [0.2, 0.25) is 0 Å². The van der Waals surface area contributed by atoms with Crippen molar-refractivity contribution in [3.63, 3.8) is 0 Å². The van der Waals surface area contributed by atoms with Gasteiger partial charge in [-0.3, -0.25) is 4.79 Å². The first-order valence-corrected chi connectivity index (χ1v) is 12.6. The van der Waals surface area contributed by atoms with Crippen molar-refractivity contribution in [3.8, 4) is 5.75 Å². The number of halogens is 1. The maximum absolute atomic E-state index is 13.3. The van der Waals surface area contributed by atoms with E-state index >= 15 is 0 Å². The molecule has 0 amide bonds. The van der Waals surface area contributed by atoms with E-state index in [-0.39, 0.29) is 42.7 Å². The van der Waals surface area contributed by atoms with Crippen molar-refractivity contribution in [2.45, 2.75) is 82.9 Å². The molecule has 1 heterocycles. The number of cyclic esters (lactones) is 1. The summed E-state index contributed by atoms with van der Waals surface area (Å²) in [5.41, 5.74) is -0.408. The highest BCUT2D eigenvalue weighted by Gasteiger charge is 2.44. The first-order chi connectivity index (χ1) is 17.0. The Morgan fingerprint density at radius 3 is 2.58 bits per heavy atom. The third-order valence-electron chi connectivity index (χ3n) is 7.37. The summed E-state index contributed by atoms with van der Waals surface area (Å²) in [7, 11) is 0. The van der Waals surface area contributed by atoms with E-state index in [4.69, 9.17) is 14.2 Å². The van der Waals surface area contributed by atoms with Crippen LogP contribution in [0.4, 0.5) is 4.39 Å². The van der Waals surface area contributed by atoms with Crippen LogP contribution in [0.15, 0.2) is 48.1 Å². The molecule has 1 aromatic carbocycles. The third-order valence-corrected chi connectivity index (χ3v) is 7.37. The number of hydrogen-bond acceptors (Lipinski definition) is 7. The van der Waals surface area contributed by atoms with Gasteiger partial charge in [-0.15, -0.1) is 0 Å². The Labute approximate surface area is 210 Å². The van der Waals surface area contributed by atoms with Gasteiger partial charge in [-0.2, -0.15) is 0 Å². The quantitative estimate of drug-likeness (QED) is 0.546. The predicted octanol–water partition coefficient (Wildman–Crippen LogP) is 3.87. The highest BCUT2D eigenvalue weighted by molar-refractivity contribution is 5.79. The fraction of sp³-hybridized carbons (Fsp3) is 0.571. The Bertz CT molecular complexity index is 1020. The molecule has 0 bridgehead atoms. The molecule has 4 rings (SSSR count). The van der Waals surface area contributed by atoms with Crippen LogP contribution in [0.3, 0.4) is 0 Å². The number of rotatable bonds is 7. The fourth-order valence-electron chi connectivity index (χ4n) is 5.52. The third kappa shape index (κ3) is 6.16. The number of allylic oxidation sites excluding steroid dienone is 2. The van der Waals surface area contributed by atoms with Crippen molar-refractivity contribution in [1.29, 1.82) is 0 Å². The standard InChI is InChI=1S/C28H35FO7/c1-16-4-5-17-12-19(30)14-24(26(17)23(16)11-10-22-13-20(31)15-25(32)34-22)35-27(33)28(2,3)36-21-8-6-18(29)7-9-21/h4-9,12,16,19-20,22-24,26,30-31H,10-11,13-15H2,1-3H3/t16?,19?,20-,22-,23?,24?,26?/m1/s1. The zero-order chi connectivity index (χ0) is 26.0. The van der Waals surface area contributed by atoms with Crippen molar-refractivity contribution >= 4 is 11.9 Å². The van der Waals surface area contributed by atoms with Crippen LogP contribution in [0.5, 0.6) is 5.75 Å². The summed E-state index contributed by atoms with van der Waals surface area (Å²) in [6.07, 6.45) is 5.56. The lowest BCUT2D eigenvalue weighted by Crippen LogP contribution is -2.47. The molecule has 1 saturated heterocycles. The first-order valence-electron chi connectivity index (χ1n) is 12.6. The van der Waals surface area contributed by atoms with Gasteiger partial charge in [0.1, 0.15) is 23.8 Å². The number of carbonyl (C=O) groups excluding carboxylic acids is 2. The van der Waals surface area contributed by atoms with Gasteiger partial charge >= 0.3 is 11.9 Å². The number of esters is 2. The maximum Gasteiger partial charge on any atom is 0.350 e. The number of fused-ring (bicyclic) bond motifs is 1. The summed E-state index contributed by atoms with van der Waals surface area (Å²) in [5.74, 6) is -0.882. The van der Waals surface area contributed by atoms with Crippen LogP contribution in [-0.2, 0) is 19.1 Å². The van der Waals surface area contributed by atoms with Crippen LogP contribution < -0.4 is 4.74 Å². The molecule has 0 saturated carbocycles. The van der Waals surface area contributed by atoms with Gasteiger partial charge in [0.25, 0.3) is 0 Å². The minimum Gasteiger partial charge on any atom is -0.476 e. The Hall–Kier alpha value is -2.71. The molecule has 0 spiro atoms. The Morgan fingerprint density at radius 2 is 1.89 bits per heavy atom. The molecule has 0 radical (unpaired) electrons. The highest BCUT2D eigenvalue weighted by atomic mass is 19.1. The summed E-state index contributed by atoms with van der Waals surface area (Å²) < 4.78 is 30.5. The molecule has 1 fully saturated rings. The molecule has 2 aliphatic carbocycles. The fourth-order valence-corrected chi connectivity index (χ4v) is 5.52. The smallest absolute Gasteiger partial charge is 0.350 e. The second-order valence-corrected chi connectivity index (χ2v) is 10.7. The lowest BCUT2D eigenvalue weighted by molar-refractivity contribution is -0.171. The topological polar surface area (TPSA) is 102 Å². The second-order valence-electron chi connectivity index (χ2n) is 10.7. The van der Waals surface area contributed by atoms with Crippen molar-refractivity contribution in [1.82, 2.24) is 0 Å². The Morgan fingerprint density at radius 1 is 1.17 bits per heavy atom. The summed E-state index contributed by atoms with van der Waals surface area (Å²) in [6.45, 7) is 5.29. The SMILES string of the molecule is CC1C=CC2=CC(O)CC(OC(=O)C(C)(C)Oc3ccc(F)cc3)C2C1CC[C@@H]1C[C@@H](O)CC(=O)O1. The number of hydrogen-bond donors (Lipinski definition) is 2. The van der Waals surface area contributed by atoms with Gasteiger partial charge in [0.2, 0.25) is 0 Å². The molecule has 0 aromatic heterocycles. The molecule has 7 nitrogen and oxygen atoms in total. The van der Waals surface area contributed by atoms with E-state index in [1.165, 1.54) is 24.3 Å². The van der Waals surface area contributed by atoms with E-state index in [0.717, 1.165) is 5.57 Å². The zero-order valence-electron chi connectivity index (χ0n) is 20.9.